The Balaban J connectivity index is 1.58. The number of nitrogens with zero attached hydrogens (tertiary/aromatic N) is 2. The Morgan fingerprint density at radius 3 is 2.13 bits per heavy atom. The molecule has 0 aromatic heterocycles. The summed E-state index contributed by atoms with van der Waals surface area (Å²) in [6.07, 6.45) is 0. The van der Waals surface area contributed by atoms with E-state index < -0.39 is 0 Å². The van der Waals surface area contributed by atoms with Crippen LogP contribution < -0.4 is 5.73 Å². The SMILES string of the molecule is Cc1ccc2cc(-c3c(C(/N=C(\N)c4ccccc4)=N/Cc4ccccc4)ccc4ccccc34)ccc2c1. The first kappa shape index (κ1) is 24.3. The molecule has 39 heavy (non-hydrogen) atoms. The minimum Gasteiger partial charge on any atom is -0.383 e. The van der Waals surface area contributed by atoms with Gasteiger partial charge in [0.05, 0.1) is 6.54 Å². The standard InChI is InChI=1S/C36H29N3/c1-25-16-17-30-23-31(19-18-29(30)22-25)34-32-15-9-8-12-27(32)20-21-33(34)36(38-24-26-10-4-2-5-11-26)39-35(37)28-13-6-3-7-14-28/h2-23H,24H2,1H3,(H2,37,38,39). The van der Waals surface area contributed by atoms with Crippen LogP contribution in [0, 0.1) is 6.92 Å². The Labute approximate surface area is 229 Å². The van der Waals surface area contributed by atoms with Crippen LogP contribution >= 0.6 is 0 Å². The fourth-order valence-electron chi connectivity index (χ4n) is 5.01. The predicted molar refractivity (Wildman–Crippen MR) is 165 cm³/mol. The Morgan fingerprint density at radius 2 is 1.31 bits per heavy atom. The molecule has 3 heteroatoms. The van der Waals surface area contributed by atoms with Crippen LogP contribution in [0.25, 0.3) is 32.7 Å². The molecule has 0 aliphatic heterocycles. The summed E-state index contributed by atoms with van der Waals surface area (Å²) in [5, 5.41) is 4.75. The van der Waals surface area contributed by atoms with Gasteiger partial charge in [0.25, 0.3) is 0 Å². The lowest BCUT2D eigenvalue weighted by Crippen LogP contribution is -2.16. The van der Waals surface area contributed by atoms with E-state index in [0.29, 0.717) is 18.2 Å². The third-order valence-electron chi connectivity index (χ3n) is 7.00. The van der Waals surface area contributed by atoms with E-state index in [1.54, 1.807) is 0 Å². The fraction of sp³-hybridized carbons (Fsp3) is 0.0556. The smallest absolute Gasteiger partial charge is 0.157 e. The van der Waals surface area contributed by atoms with Crippen molar-refractivity contribution in [2.75, 3.05) is 0 Å². The zero-order valence-corrected chi connectivity index (χ0v) is 21.9. The van der Waals surface area contributed by atoms with Crippen molar-refractivity contribution in [3.8, 4) is 11.1 Å². The van der Waals surface area contributed by atoms with Crippen molar-refractivity contribution in [2.45, 2.75) is 13.5 Å². The topological polar surface area (TPSA) is 50.7 Å². The molecule has 188 valence electrons. The van der Waals surface area contributed by atoms with Crippen LogP contribution in [-0.4, -0.2) is 11.7 Å². The lowest BCUT2D eigenvalue weighted by Gasteiger charge is -2.15. The molecule has 0 aliphatic carbocycles. The summed E-state index contributed by atoms with van der Waals surface area (Å²) in [5.41, 5.74) is 13.0. The third kappa shape index (κ3) is 5.21. The van der Waals surface area contributed by atoms with Gasteiger partial charge in [-0.3, -0.25) is 4.99 Å². The number of rotatable bonds is 5. The lowest BCUT2D eigenvalue weighted by molar-refractivity contribution is 1.06. The molecule has 0 saturated carbocycles. The number of benzene rings is 6. The van der Waals surface area contributed by atoms with Gasteiger partial charge in [0.1, 0.15) is 5.84 Å². The van der Waals surface area contributed by atoms with Crippen LogP contribution in [0.1, 0.15) is 22.3 Å². The first-order valence-electron chi connectivity index (χ1n) is 13.2. The van der Waals surface area contributed by atoms with E-state index in [-0.39, 0.29) is 0 Å². The maximum absolute atomic E-state index is 6.56. The van der Waals surface area contributed by atoms with Crippen molar-refractivity contribution in [1.82, 2.24) is 0 Å². The van der Waals surface area contributed by atoms with Crippen LogP contribution in [0.5, 0.6) is 0 Å². The molecule has 3 nitrogen and oxygen atoms in total. The van der Waals surface area contributed by atoms with Gasteiger partial charge in [0.15, 0.2) is 5.84 Å². The molecule has 0 bridgehead atoms. The molecule has 0 saturated heterocycles. The number of fused-ring (bicyclic) bond motifs is 2. The van der Waals surface area contributed by atoms with E-state index in [1.165, 1.54) is 21.7 Å². The van der Waals surface area contributed by atoms with Crippen LogP contribution in [-0.2, 0) is 6.54 Å². The van der Waals surface area contributed by atoms with Crippen LogP contribution in [0.2, 0.25) is 0 Å². The number of nitrogens with two attached hydrogens (primary N) is 1. The van der Waals surface area contributed by atoms with Crippen LogP contribution in [0.3, 0.4) is 0 Å². The fourth-order valence-corrected chi connectivity index (χ4v) is 5.01. The maximum atomic E-state index is 6.56. The second-order valence-electron chi connectivity index (χ2n) is 9.76. The van der Waals surface area contributed by atoms with Gasteiger partial charge in [0.2, 0.25) is 0 Å². The van der Waals surface area contributed by atoms with Crippen molar-refractivity contribution in [3.63, 3.8) is 0 Å². The highest BCUT2D eigenvalue weighted by Gasteiger charge is 2.16. The van der Waals surface area contributed by atoms with E-state index in [9.17, 15) is 0 Å². The minimum absolute atomic E-state index is 0.440. The van der Waals surface area contributed by atoms with Gasteiger partial charge in [-0.2, -0.15) is 0 Å². The highest BCUT2D eigenvalue weighted by molar-refractivity contribution is 6.17. The van der Waals surface area contributed by atoms with Crippen molar-refractivity contribution < 1.29 is 0 Å². The molecule has 6 aromatic rings. The molecule has 0 atom stereocenters. The molecular formula is C36H29N3. The Kier molecular flexibility index (Phi) is 6.71. The van der Waals surface area contributed by atoms with Gasteiger partial charge in [-0.1, -0.05) is 127 Å². The highest BCUT2D eigenvalue weighted by Crippen LogP contribution is 2.35. The number of aliphatic imine (C=N–C) groups is 2. The zero-order valence-electron chi connectivity index (χ0n) is 21.9. The molecule has 0 radical (unpaired) electrons. The van der Waals surface area contributed by atoms with E-state index in [4.69, 9.17) is 15.7 Å². The van der Waals surface area contributed by atoms with Crippen molar-refractivity contribution in [3.05, 3.63) is 156 Å². The summed E-state index contributed by atoms with van der Waals surface area (Å²) in [4.78, 5) is 9.99. The third-order valence-corrected chi connectivity index (χ3v) is 7.00. The van der Waals surface area contributed by atoms with E-state index in [0.717, 1.165) is 33.2 Å². The average Bonchev–Trinajstić information content (AvgIpc) is 2.99. The molecule has 0 amide bonds. The summed E-state index contributed by atoms with van der Waals surface area (Å²) < 4.78 is 0. The van der Waals surface area contributed by atoms with E-state index in [2.05, 4.69) is 91.9 Å². The molecule has 6 aromatic carbocycles. The van der Waals surface area contributed by atoms with Gasteiger partial charge < -0.3 is 5.73 Å². The predicted octanol–water partition coefficient (Wildman–Crippen LogP) is 8.32. The monoisotopic (exact) mass is 503 g/mol. The first-order valence-corrected chi connectivity index (χ1v) is 13.2. The largest absolute Gasteiger partial charge is 0.383 e. The molecule has 0 fully saturated rings. The second kappa shape index (κ2) is 10.8. The van der Waals surface area contributed by atoms with Gasteiger partial charge in [-0.15, -0.1) is 0 Å². The Morgan fingerprint density at radius 1 is 0.641 bits per heavy atom. The molecular weight excluding hydrogens is 474 g/mol. The van der Waals surface area contributed by atoms with Crippen LogP contribution in [0.4, 0.5) is 0 Å². The quantitative estimate of drug-likeness (QED) is 0.187. The molecule has 2 N–H and O–H groups in total. The summed E-state index contributed by atoms with van der Waals surface area (Å²) in [6.45, 7) is 2.63. The Hall–Kier alpha value is -5.02. The summed E-state index contributed by atoms with van der Waals surface area (Å²) in [5.74, 6) is 1.06. The summed E-state index contributed by atoms with van der Waals surface area (Å²) in [6, 6.07) is 46.1. The van der Waals surface area contributed by atoms with Gasteiger partial charge in [0, 0.05) is 16.7 Å². The summed E-state index contributed by atoms with van der Waals surface area (Å²) in [7, 11) is 0. The van der Waals surface area contributed by atoms with Crippen molar-refractivity contribution >= 4 is 33.2 Å². The molecule has 0 aliphatic rings. The van der Waals surface area contributed by atoms with E-state index in [1.807, 2.05) is 48.5 Å². The highest BCUT2D eigenvalue weighted by atomic mass is 15.0. The van der Waals surface area contributed by atoms with E-state index >= 15 is 0 Å². The second-order valence-corrected chi connectivity index (χ2v) is 9.76. The number of hydrogen-bond donors (Lipinski definition) is 1. The molecule has 0 unspecified atom stereocenters. The normalized spacial score (nSPS) is 12.2. The van der Waals surface area contributed by atoms with Crippen molar-refractivity contribution in [1.29, 1.82) is 0 Å². The number of aryl methyl sites for hydroxylation is 1. The van der Waals surface area contributed by atoms with Gasteiger partial charge in [-0.05, 0) is 51.7 Å². The van der Waals surface area contributed by atoms with Gasteiger partial charge in [-0.25, -0.2) is 4.99 Å². The van der Waals surface area contributed by atoms with Crippen LogP contribution in [0.15, 0.2) is 143 Å². The van der Waals surface area contributed by atoms with Crippen molar-refractivity contribution in [2.24, 2.45) is 15.7 Å². The zero-order chi connectivity index (χ0) is 26.6. The average molecular weight is 504 g/mol. The maximum Gasteiger partial charge on any atom is 0.157 e. The van der Waals surface area contributed by atoms with Gasteiger partial charge >= 0.3 is 0 Å². The molecule has 0 spiro atoms. The molecule has 6 rings (SSSR count). The minimum atomic E-state index is 0.440. The first-order chi connectivity index (χ1) is 19.2. The molecule has 0 heterocycles. The number of amidine groups is 2. The summed E-state index contributed by atoms with van der Waals surface area (Å²) >= 11 is 0. The number of hydrogen-bond acceptors (Lipinski definition) is 1. The Bertz CT molecular complexity index is 1830. The lowest BCUT2D eigenvalue weighted by atomic mass is 9.91.